The molecule has 184 valence electrons. The van der Waals surface area contributed by atoms with Gasteiger partial charge in [0.15, 0.2) is 6.61 Å². The first-order chi connectivity index (χ1) is 15.8. The molecule has 0 spiro atoms. The minimum atomic E-state index is -4.54. The first-order valence-corrected chi connectivity index (χ1v) is 12.3. The largest absolute Gasteiger partial charge is 0.467 e. The molecule has 1 N–H and O–H groups in total. The van der Waals surface area contributed by atoms with Gasteiger partial charge in [0.25, 0.3) is 11.8 Å². The molecule has 0 unspecified atom stereocenters. The number of carbonyl (C=O) groups is 2. The van der Waals surface area contributed by atoms with E-state index < -0.39 is 28.5 Å². The van der Waals surface area contributed by atoms with Gasteiger partial charge >= 0.3 is 6.18 Å². The van der Waals surface area contributed by atoms with E-state index in [4.69, 9.17) is 11.6 Å². The van der Waals surface area contributed by atoms with Crippen LogP contribution < -0.4 is 10.1 Å². The number of nitrogens with one attached hydrogen (secondary N) is 1. The smallest absolute Gasteiger partial charge is 0.422 e. The molecule has 3 heterocycles. The van der Waals surface area contributed by atoms with Gasteiger partial charge in [0.2, 0.25) is 5.88 Å². The van der Waals surface area contributed by atoms with Gasteiger partial charge in [-0.05, 0) is 24.1 Å². The molecule has 0 fully saturated rings. The summed E-state index contributed by atoms with van der Waals surface area (Å²) in [6.45, 7) is -1.31. The maximum absolute atomic E-state index is 12.8. The van der Waals surface area contributed by atoms with Crippen LogP contribution >= 0.6 is 11.6 Å². The maximum atomic E-state index is 12.8. The van der Waals surface area contributed by atoms with E-state index in [9.17, 15) is 31.2 Å². The van der Waals surface area contributed by atoms with Gasteiger partial charge in [0.05, 0.1) is 5.75 Å². The summed E-state index contributed by atoms with van der Waals surface area (Å²) in [5, 5.41) is 2.46. The van der Waals surface area contributed by atoms with Crippen molar-refractivity contribution < 1.29 is 35.9 Å². The van der Waals surface area contributed by atoms with E-state index in [1.54, 1.807) is 0 Å². The quantitative estimate of drug-likeness (QED) is 0.504. The molecule has 0 saturated heterocycles. The Morgan fingerprint density at radius 3 is 2.71 bits per heavy atom. The Kier molecular flexibility index (Phi) is 7.66. The predicted molar refractivity (Wildman–Crippen MR) is 115 cm³/mol. The number of nitrogens with zero attached hydrogens (tertiary/aromatic N) is 3. The summed E-state index contributed by atoms with van der Waals surface area (Å²) < 4.78 is 63.9. The first kappa shape index (κ1) is 25.7. The van der Waals surface area contributed by atoms with Crippen LogP contribution in [0.25, 0.3) is 0 Å². The second kappa shape index (κ2) is 10.1. The normalized spacial score (nSPS) is 13.7. The van der Waals surface area contributed by atoms with Crippen molar-refractivity contribution in [3.8, 4) is 5.88 Å². The van der Waals surface area contributed by atoms with Crippen molar-refractivity contribution in [1.29, 1.82) is 0 Å². The van der Waals surface area contributed by atoms with Crippen LogP contribution in [-0.2, 0) is 22.9 Å². The van der Waals surface area contributed by atoms with Gasteiger partial charge < -0.3 is 15.0 Å². The van der Waals surface area contributed by atoms with Crippen LogP contribution in [-0.4, -0.2) is 66.4 Å². The number of halogens is 4. The average molecular weight is 521 g/mol. The molecular weight excluding hydrogens is 501 g/mol. The molecule has 0 atom stereocenters. The fourth-order valence-corrected chi connectivity index (χ4v) is 4.17. The molecule has 14 heteroatoms. The van der Waals surface area contributed by atoms with E-state index in [0.717, 1.165) is 6.26 Å². The standard InChI is InChI=1S/C20H20ClF3N4O5S/c1-34(31,32)6-2-4-26-17(29)16-14-10-28(19(30)13(14)3-5-25-16)9-12-7-15(21)18(27-8-12)33-11-20(22,23)24/h3,5,7-8H,2,4,6,9-11H2,1H3,(H,26,29). The van der Waals surface area contributed by atoms with Gasteiger partial charge in [-0.1, -0.05) is 11.6 Å². The fourth-order valence-electron chi connectivity index (χ4n) is 3.26. The Bertz CT molecular complexity index is 1210. The Hall–Kier alpha value is -2.93. The highest BCUT2D eigenvalue weighted by molar-refractivity contribution is 7.90. The van der Waals surface area contributed by atoms with Crippen molar-refractivity contribution in [3.05, 3.63) is 51.9 Å². The summed E-state index contributed by atoms with van der Waals surface area (Å²) >= 11 is 5.97. The Labute approximate surface area is 198 Å². The molecule has 0 radical (unpaired) electrons. The number of fused-ring (bicyclic) bond motifs is 1. The van der Waals surface area contributed by atoms with Crippen molar-refractivity contribution in [2.24, 2.45) is 0 Å². The Balaban J connectivity index is 1.66. The van der Waals surface area contributed by atoms with Crippen LogP contribution in [0.5, 0.6) is 5.88 Å². The van der Waals surface area contributed by atoms with E-state index in [-0.39, 0.29) is 54.3 Å². The third kappa shape index (κ3) is 6.79. The van der Waals surface area contributed by atoms with Gasteiger partial charge in [-0.2, -0.15) is 13.2 Å². The van der Waals surface area contributed by atoms with Crippen LogP contribution in [0.4, 0.5) is 13.2 Å². The molecule has 0 aromatic carbocycles. The molecule has 0 bridgehead atoms. The lowest BCUT2D eigenvalue weighted by Crippen LogP contribution is -2.28. The fraction of sp³-hybridized carbons (Fsp3) is 0.400. The highest BCUT2D eigenvalue weighted by atomic mass is 35.5. The van der Waals surface area contributed by atoms with Crippen molar-refractivity contribution >= 4 is 33.3 Å². The van der Waals surface area contributed by atoms with Crippen molar-refractivity contribution in [2.45, 2.75) is 25.7 Å². The molecule has 9 nitrogen and oxygen atoms in total. The number of aromatic nitrogens is 2. The van der Waals surface area contributed by atoms with E-state index >= 15 is 0 Å². The molecule has 1 aliphatic rings. The first-order valence-electron chi connectivity index (χ1n) is 9.91. The lowest BCUT2D eigenvalue weighted by Gasteiger charge is -2.16. The van der Waals surface area contributed by atoms with Crippen molar-refractivity contribution in [3.63, 3.8) is 0 Å². The zero-order chi connectivity index (χ0) is 25.1. The van der Waals surface area contributed by atoms with Gasteiger partial charge in [-0.15, -0.1) is 0 Å². The minimum Gasteiger partial charge on any atom is -0.467 e. The average Bonchev–Trinajstić information content (AvgIpc) is 3.04. The molecule has 2 aromatic heterocycles. The highest BCUT2D eigenvalue weighted by Crippen LogP contribution is 2.29. The van der Waals surface area contributed by atoms with E-state index in [2.05, 4.69) is 20.0 Å². The molecule has 1 aliphatic heterocycles. The topological polar surface area (TPSA) is 119 Å². The maximum Gasteiger partial charge on any atom is 0.422 e. The zero-order valence-corrected chi connectivity index (χ0v) is 19.4. The summed E-state index contributed by atoms with van der Waals surface area (Å²) in [6.07, 6.45) is -0.616. The Morgan fingerprint density at radius 1 is 1.32 bits per heavy atom. The SMILES string of the molecule is CS(=O)(=O)CCCNC(=O)c1nccc2c1CN(Cc1cnc(OCC(F)(F)F)c(Cl)c1)C2=O. The van der Waals surface area contributed by atoms with E-state index in [1.807, 2.05) is 0 Å². The van der Waals surface area contributed by atoms with Crippen molar-refractivity contribution in [2.75, 3.05) is 25.2 Å². The van der Waals surface area contributed by atoms with E-state index in [1.165, 1.54) is 29.4 Å². The summed E-state index contributed by atoms with van der Waals surface area (Å²) in [7, 11) is -3.15. The van der Waals surface area contributed by atoms with Crippen LogP contribution in [0.3, 0.4) is 0 Å². The van der Waals surface area contributed by atoms with Gasteiger partial charge in [-0.3, -0.25) is 14.6 Å². The molecule has 0 aliphatic carbocycles. The molecular formula is C20H20ClF3N4O5S. The second-order valence-electron chi connectivity index (χ2n) is 7.62. The summed E-state index contributed by atoms with van der Waals surface area (Å²) in [5.41, 5.74) is 1.21. The number of hydrogen-bond donors (Lipinski definition) is 1. The van der Waals surface area contributed by atoms with Gasteiger partial charge in [0, 0.05) is 49.4 Å². The number of rotatable bonds is 9. The number of alkyl halides is 3. The Morgan fingerprint density at radius 2 is 2.06 bits per heavy atom. The van der Waals surface area contributed by atoms with Crippen LogP contribution in [0, 0.1) is 0 Å². The van der Waals surface area contributed by atoms with Crippen molar-refractivity contribution in [1.82, 2.24) is 20.2 Å². The third-order valence-electron chi connectivity index (χ3n) is 4.72. The third-order valence-corrected chi connectivity index (χ3v) is 6.03. The molecule has 0 saturated carbocycles. The summed E-state index contributed by atoms with van der Waals surface area (Å²) in [5.74, 6) is -1.35. The zero-order valence-electron chi connectivity index (χ0n) is 17.9. The number of pyridine rings is 2. The number of hydrogen-bond acceptors (Lipinski definition) is 7. The molecule has 2 aromatic rings. The summed E-state index contributed by atoms with van der Waals surface area (Å²) in [4.78, 5) is 34.6. The molecule has 2 amide bonds. The number of carbonyl (C=O) groups excluding carboxylic acids is 2. The number of sulfone groups is 1. The predicted octanol–water partition coefficient (Wildman–Crippen LogP) is 2.39. The second-order valence-corrected chi connectivity index (χ2v) is 10.3. The molecule has 3 rings (SSSR count). The lowest BCUT2D eigenvalue weighted by atomic mass is 10.1. The van der Waals surface area contributed by atoms with Gasteiger partial charge in [0.1, 0.15) is 20.6 Å². The van der Waals surface area contributed by atoms with Gasteiger partial charge in [-0.25, -0.2) is 13.4 Å². The van der Waals surface area contributed by atoms with Crippen LogP contribution in [0.2, 0.25) is 5.02 Å². The van der Waals surface area contributed by atoms with Crippen LogP contribution in [0.1, 0.15) is 38.4 Å². The monoisotopic (exact) mass is 520 g/mol. The summed E-state index contributed by atoms with van der Waals surface area (Å²) in [6, 6.07) is 2.83. The number of amides is 2. The molecule has 34 heavy (non-hydrogen) atoms. The highest BCUT2D eigenvalue weighted by Gasteiger charge is 2.32. The van der Waals surface area contributed by atoms with E-state index in [0.29, 0.717) is 16.7 Å². The minimum absolute atomic E-state index is 0.0369. The lowest BCUT2D eigenvalue weighted by molar-refractivity contribution is -0.154. The van der Waals surface area contributed by atoms with Crippen LogP contribution in [0.15, 0.2) is 24.5 Å². The number of ether oxygens (including phenoxy) is 1.